The molecule has 2 heterocycles. The maximum Gasteiger partial charge on any atom is 0.246 e. The maximum atomic E-state index is 12.7. The molecule has 0 radical (unpaired) electrons. The van der Waals surface area contributed by atoms with Gasteiger partial charge in [0, 0.05) is 12.6 Å². The summed E-state index contributed by atoms with van der Waals surface area (Å²) in [5.41, 5.74) is 0. The number of rotatable bonds is 3. The van der Waals surface area contributed by atoms with Crippen LogP contribution in [0, 0.1) is 5.92 Å². The van der Waals surface area contributed by atoms with E-state index in [2.05, 4.69) is 6.92 Å². The molecule has 0 aromatic heterocycles. The first-order valence-electron chi connectivity index (χ1n) is 7.77. The van der Waals surface area contributed by atoms with E-state index in [0.29, 0.717) is 12.0 Å². The summed E-state index contributed by atoms with van der Waals surface area (Å²) >= 11 is 0. The molecule has 106 valence electrons. The van der Waals surface area contributed by atoms with Crippen molar-refractivity contribution in [2.24, 2.45) is 5.92 Å². The van der Waals surface area contributed by atoms with Gasteiger partial charge in [0.05, 0.1) is 0 Å². The van der Waals surface area contributed by atoms with E-state index in [1.165, 1.54) is 12.8 Å². The molecule has 4 atom stereocenters. The summed E-state index contributed by atoms with van der Waals surface area (Å²) in [6.45, 7) is 4.87. The average Bonchev–Trinajstić information content (AvgIpc) is 3.16. The predicted octanol–water partition coefficient (Wildman–Crippen LogP) is 1.79. The summed E-state index contributed by atoms with van der Waals surface area (Å²) in [7, 11) is 0. The van der Waals surface area contributed by atoms with Crippen molar-refractivity contribution in [1.29, 1.82) is 0 Å². The number of hydrogen-bond donors (Lipinski definition) is 0. The lowest BCUT2D eigenvalue weighted by Crippen LogP contribution is -2.65. The normalized spacial score (nSPS) is 38.4. The molecule has 19 heavy (non-hydrogen) atoms. The number of amides is 2. The summed E-state index contributed by atoms with van der Waals surface area (Å²) in [6, 6.07) is -0.0514. The SMILES string of the molecule is CCCC1CC1N1C(=O)C2CCCCN2C(=O)C1C. The number of nitrogens with zero attached hydrogens (tertiary/aromatic N) is 2. The molecule has 2 amide bonds. The van der Waals surface area contributed by atoms with Gasteiger partial charge >= 0.3 is 0 Å². The van der Waals surface area contributed by atoms with Gasteiger partial charge in [-0.2, -0.15) is 0 Å². The first kappa shape index (κ1) is 12.9. The highest BCUT2D eigenvalue weighted by Gasteiger charge is 2.52. The molecular formula is C15H24N2O2. The number of piperidine rings is 1. The Kier molecular flexibility index (Phi) is 3.27. The van der Waals surface area contributed by atoms with Crippen LogP contribution in [0.1, 0.15) is 52.4 Å². The molecule has 3 aliphatic rings. The van der Waals surface area contributed by atoms with Crippen LogP contribution in [0.5, 0.6) is 0 Å². The number of hydrogen-bond acceptors (Lipinski definition) is 2. The third kappa shape index (κ3) is 2.05. The highest BCUT2D eigenvalue weighted by Crippen LogP contribution is 2.42. The van der Waals surface area contributed by atoms with E-state index >= 15 is 0 Å². The first-order valence-corrected chi connectivity index (χ1v) is 7.77. The van der Waals surface area contributed by atoms with Gasteiger partial charge in [-0.05, 0) is 44.9 Å². The molecule has 0 spiro atoms. The minimum absolute atomic E-state index is 0.152. The molecule has 4 unspecified atom stereocenters. The van der Waals surface area contributed by atoms with Crippen LogP contribution in [0.25, 0.3) is 0 Å². The van der Waals surface area contributed by atoms with Crippen molar-refractivity contribution in [3.05, 3.63) is 0 Å². The lowest BCUT2D eigenvalue weighted by molar-refractivity contribution is -0.163. The van der Waals surface area contributed by atoms with Crippen molar-refractivity contribution in [1.82, 2.24) is 9.80 Å². The molecule has 3 fully saturated rings. The second kappa shape index (κ2) is 4.80. The molecule has 3 rings (SSSR count). The molecule has 0 N–H and O–H groups in total. The van der Waals surface area contributed by atoms with Crippen LogP contribution in [-0.2, 0) is 9.59 Å². The summed E-state index contributed by atoms with van der Waals surface area (Å²) in [5, 5.41) is 0. The minimum Gasteiger partial charge on any atom is -0.329 e. The van der Waals surface area contributed by atoms with Gasteiger partial charge in [0.25, 0.3) is 0 Å². The van der Waals surface area contributed by atoms with E-state index in [0.717, 1.165) is 32.2 Å². The van der Waals surface area contributed by atoms with Crippen molar-refractivity contribution in [2.45, 2.75) is 70.5 Å². The van der Waals surface area contributed by atoms with Crippen LogP contribution >= 0.6 is 0 Å². The highest BCUT2D eigenvalue weighted by atomic mass is 16.2. The van der Waals surface area contributed by atoms with Crippen molar-refractivity contribution < 1.29 is 9.59 Å². The summed E-state index contributed by atoms with van der Waals surface area (Å²) < 4.78 is 0. The van der Waals surface area contributed by atoms with Crippen molar-refractivity contribution in [3.8, 4) is 0 Å². The Morgan fingerprint density at radius 1 is 1.21 bits per heavy atom. The van der Waals surface area contributed by atoms with Crippen LogP contribution in [0.15, 0.2) is 0 Å². The second-order valence-corrected chi connectivity index (χ2v) is 6.32. The van der Waals surface area contributed by atoms with Gasteiger partial charge in [-0.25, -0.2) is 0 Å². The first-order chi connectivity index (χ1) is 9.15. The minimum atomic E-state index is -0.242. The fourth-order valence-electron chi connectivity index (χ4n) is 3.88. The Morgan fingerprint density at radius 3 is 2.74 bits per heavy atom. The summed E-state index contributed by atoms with van der Waals surface area (Å²) in [5.74, 6) is 1.03. The molecule has 4 nitrogen and oxygen atoms in total. The molecule has 1 aliphatic carbocycles. The molecule has 4 heteroatoms. The summed E-state index contributed by atoms with van der Waals surface area (Å²) in [4.78, 5) is 28.9. The largest absolute Gasteiger partial charge is 0.329 e. The zero-order valence-corrected chi connectivity index (χ0v) is 12.0. The van der Waals surface area contributed by atoms with Gasteiger partial charge in [-0.1, -0.05) is 13.3 Å². The second-order valence-electron chi connectivity index (χ2n) is 6.32. The summed E-state index contributed by atoms with van der Waals surface area (Å²) in [6.07, 6.45) is 6.43. The van der Waals surface area contributed by atoms with Gasteiger partial charge in [0.1, 0.15) is 12.1 Å². The monoisotopic (exact) mass is 264 g/mol. The number of carbonyl (C=O) groups excluding carboxylic acids is 2. The maximum absolute atomic E-state index is 12.7. The molecule has 0 aromatic rings. The Morgan fingerprint density at radius 2 is 2.00 bits per heavy atom. The molecule has 0 aromatic carbocycles. The van der Waals surface area contributed by atoms with E-state index in [1.807, 2.05) is 16.7 Å². The van der Waals surface area contributed by atoms with Gasteiger partial charge < -0.3 is 9.80 Å². The van der Waals surface area contributed by atoms with Crippen LogP contribution in [0.3, 0.4) is 0 Å². The van der Waals surface area contributed by atoms with E-state index in [9.17, 15) is 9.59 Å². The van der Waals surface area contributed by atoms with Crippen LogP contribution in [0.4, 0.5) is 0 Å². The zero-order valence-electron chi connectivity index (χ0n) is 12.0. The van der Waals surface area contributed by atoms with Crippen LogP contribution < -0.4 is 0 Å². The third-order valence-corrected chi connectivity index (χ3v) is 5.00. The number of piperazine rings is 1. The van der Waals surface area contributed by atoms with Crippen molar-refractivity contribution in [3.63, 3.8) is 0 Å². The predicted molar refractivity (Wildman–Crippen MR) is 72.5 cm³/mol. The van der Waals surface area contributed by atoms with Crippen molar-refractivity contribution >= 4 is 11.8 Å². The molecule has 1 saturated carbocycles. The quantitative estimate of drug-likeness (QED) is 0.779. The van der Waals surface area contributed by atoms with Gasteiger partial charge in [0.15, 0.2) is 0 Å². The fraction of sp³-hybridized carbons (Fsp3) is 0.867. The Labute approximate surface area is 115 Å². The highest BCUT2D eigenvalue weighted by molar-refractivity contribution is 5.97. The third-order valence-electron chi connectivity index (χ3n) is 5.00. The Balaban J connectivity index is 1.77. The Bertz CT molecular complexity index is 396. The lowest BCUT2D eigenvalue weighted by atomic mass is 9.95. The lowest BCUT2D eigenvalue weighted by Gasteiger charge is -2.46. The molecule has 2 saturated heterocycles. The van der Waals surface area contributed by atoms with Crippen LogP contribution in [0.2, 0.25) is 0 Å². The van der Waals surface area contributed by atoms with Crippen LogP contribution in [-0.4, -0.2) is 46.3 Å². The van der Waals surface area contributed by atoms with E-state index < -0.39 is 0 Å². The van der Waals surface area contributed by atoms with E-state index in [-0.39, 0.29) is 23.9 Å². The zero-order chi connectivity index (χ0) is 13.6. The molecule has 2 aliphatic heterocycles. The van der Waals surface area contributed by atoms with Gasteiger partial charge in [0.2, 0.25) is 11.8 Å². The standard InChI is InChI=1S/C15H24N2O2/c1-3-6-11-9-13(11)17-10(2)14(18)16-8-5-4-7-12(16)15(17)19/h10-13H,3-9H2,1-2H3. The fourth-order valence-corrected chi connectivity index (χ4v) is 3.88. The van der Waals surface area contributed by atoms with Crippen molar-refractivity contribution in [2.75, 3.05) is 6.54 Å². The van der Waals surface area contributed by atoms with E-state index in [1.54, 1.807) is 0 Å². The number of fused-ring (bicyclic) bond motifs is 1. The topological polar surface area (TPSA) is 40.6 Å². The van der Waals surface area contributed by atoms with Gasteiger partial charge in [-0.3, -0.25) is 9.59 Å². The number of carbonyl (C=O) groups is 2. The van der Waals surface area contributed by atoms with E-state index in [4.69, 9.17) is 0 Å². The smallest absolute Gasteiger partial charge is 0.246 e. The Hall–Kier alpha value is -1.06. The molecule has 0 bridgehead atoms. The molecular weight excluding hydrogens is 240 g/mol. The average molecular weight is 264 g/mol. The van der Waals surface area contributed by atoms with Gasteiger partial charge in [-0.15, -0.1) is 0 Å².